The molecule has 5 nitrogen and oxygen atoms in total. The molecule has 9 heteroatoms. The predicted molar refractivity (Wildman–Crippen MR) is 134 cm³/mol. The number of nitrogens with one attached hydrogen (secondary N) is 1. The van der Waals surface area contributed by atoms with Crippen LogP contribution in [0.2, 0.25) is 10.0 Å². The largest absolute Gasteiger partial charge is 0.311 e. The number of benzene rings is 2. The zero-order valence-electron chi connectivity index (χ0n) is 17.2. The third-order valence-electron chi connectivity index (χ3n) is 6.03. The van der Waals surface area contributed by atoms with Crippen molar-refractivity contribution in [1.82, 2.24) is 9.88 Å². The highest BCUT2D eigenvalue weighted by molar-refractivity contribution is 8.00. The van der Waals surface area contributed by atoms with Gasteiger partial charge in [-0.25, -0.2) is 4.98 Å². The quantitative estimate of drug-likeness (QED) is 0.407. The van der Waals surface area contributed by atoms with Crippen LogP contribution in [0.4, 0.5) is 10.8 Å². The molecule has 1 N–H and O–H groups in total. The molecule has 3 aromatic rings. The lowest BCUT2D eigenvalue weighted by Gasteiger charge is -2.23. The number of thiazole rings is 1. The molecule has 166 valence electrons. The molecule has 2 aliphatic rings. The normalized spacial score (nSPS) is 21.4. The summed E-state index contributed by atoms with van der Waals surface area (Å²) >= 11 is 15.5. The topological polar surface area (TPSA) is 48.5 Å². The van der Waals surface area contributed by atoms with Gasteiger partial charge in [0.25, 0.3) is 0 Å². The van der Waals surface area contributed by atoms with Gasteiger partial charge in [-0.1, -0.05) is 23.2 Å². The Kier molecular flexibility index (Phi) is 6.62. The van der Waals surface area contributed by atoms with Gasteiger partial charge in [0.05, 0.1) is 6.04 Å². The smallest absolute Gasteiger partial charge is 0.244 e. The van der Waals surface area contributed by atoms with E-state index < -0.39 is 0 Å². The van der Waals surface area contributed by atoms with Gasteiger partial charge in [0.1, 0.15) is 0 Å². The second-order valence-electron chi connectivity index (χ2n) is 8.01. The van der Waals surface area contributed by atoms with Gasteiger partial charge >= 0.3 is 0 Å². The molecular weight excluding hydrogens is 483 g/mol. The Labute approximate surface area is 205 Å². The molecule has 1 unspecified atom stereocenters. The van der Waals surface area contributed by atoms with E-state index in [1.54, 1.807) is 23.6 Å². The van der Waals surface area contributed by atoms with Crippen LogP contribution >= 0.6 is 46.5 Å². The SMILES string of the molecule is O=C1[C@@H](N2CCC(c3cc(Cl)cc(Cl)c3)C2)CCN1c1ccc(SNc2nccs2)cc1. The summed E-state index contributed by atoms with van der Waals surface area (Å²) in [6.07, 6.45) is 3.64. The van der Waals surface area contributed by atoms with Crippen molar-refractivity contribution in [2.75, 3.05) is 29.3 Å². The first kappa shape index (κ1) is 22.0. The molecular formula is C23H22Cl2N4OS2. The molecule has 2 saturated heterocycles. The second-order valence-corrected chi connectivity index (χ2v) is 10.7. The van der Waals surface area contributed by atoms with E-state index in [9.17, 15) is 4.79 Å². The molecule has 2 aromatic carbocycles. The first-order chi connectivity index (χ1) is 15.6. The summed E-state index contributed by atoms with van der Waals surface area (Å²) in [6.45, 7) is 2.52. The lowest BCUT2D eigenvalue weighted by atomic mass is 9.98. The maximum Gasteiger partial charge on any atom is 0.244 e. The van der Waals surface area contributed by atoms with Crippen molar-refractivity contribution in [2.24, 2.45) is 0 Å². The maximum absolute atomic E-state index is 13.2. The van der Waals surface area contributed by atoms with E-state index in [0.29, 0.717) is 16.0 Å². The number of anilines is 2. The first-order valence-electron chi connectivity index (χ1n) is 10.5. The molecule has 3 heterocycles. The molecule has 2 atom stereocenters. The molecule has 0 bridgehead atoms. The summed E-state index contributed by atoms with van der Waals surface area (Å²) in [5.74, 6) is 0.547. The van der Waals surface area contributed by atoms with E-state index in [2.05, 4.69) is 14.6 Å². The number of carbonyl (C=O) groups is 1. The number of hydrogen-bond donors (Lipinski definition) is 1. The number of halogens is 2. The molecule has 0 saturated carbocycles. The lowest BCUT2D eigenvalue weighted by molar-refractivity contribution is -0.121. The van der Waals surface area contributed by atoms with Crippen LogP contribution in [0.1, 0.15) is 24.3 Å². The third kappa shape index (κ3) is 4.77. The number of carbonyl (C=O) groups excluding carboxylic acids is 1. The van der Waals surface area contributed by atoms with Crippen LogP contribution in [-0.2, 0) is 4.79 Å². The minimum atomic E-state index is -0.0599. The average Bonchev–Trinajstić information content (AvgIpc) is 3.53. The molecule has 1 amide bonds. The number of rotatable bonds is 6. The molecule has 0 radical (unpaired) electrons. The van der Waals surface area contributed by atoms with Gasteiger partial charge in [0.15, 0.2) is 5.13 Å². The Morgan fingerprint density at radius 1 is 1.06 bits per heavy atom. The molecule has 5 rings (SSSR count). The van der Waals surface area contributed by atoms with Crippen molar-refractivity contribution >= 4 is 63.2 Å². The van der Waals surface area contributed by atoms with Crippen molar-refractivity contribution in [2.45, 2.75) is 29.7 Å². The van der Waals surface area contributed by atoms with Crippen LogP contribution in [0.25, 0.3) is 0 Å². The van der Waals surface area contributed by atoms with Gasteiger partial charge in [-0.3, -0.25) is 9.69 Å². The zero-order valence-corrected chi connectivity index (χ0v) is 20.4. The van der Waals surface area contributed by atoms with E-state index in [1.165, 1.54) is 11.9 Å². The van der Waals surface area contributed by atoms with E-state index >= 15 is 0 Å². The van der Waals surface area contributed by atoms with Crippen molar-refractivity contribution in [3.05, 3.63) is 69.7 Å². The number of amides is 1. The summed E-state index contributed by atoms with van der Waals surface area (Å²) in [5.41, 5.74) is 2.11. The highest BCUT2D eigenvalue weighted by Gasteiger charge is 2.39. The van der Waals surface area contributed by atoms with Gasteiger partial charge < -0.3 is 9.62 Å². The Bertz CT molecular complexity index is 1070. The Hall–Kier alpha value is -1.77. The van der Waals surface area contributed by atoms with Crippen LogP contribution in [0.15, 0.2) is 58.9 Å². The van der Waals surface area contributed by atoms with Crippen LogP contribution in [0.5, 0.6) is 0 Å². The zero-order chi connectivity index (χ0) is 22.1. The van der Waals surface area contributed by atoms with E-state index in [0.717, 1.165) is 53.8 Å². The molecule has 0 aliphatic carbocycles. The number of likely N-dealkylation sites (tertiary alicyclic amines) is 1. The van der Waals surface area contributed by atoms with Crippen molar-refractivity contribution in [3.8, 4) is 0 Å². The van der Waals surface area contributed by atoms with E-state index in [-0.39, 0.29) is 11.9 Å². The number of nitrogens with zero attached hydrogens (tertiary/aromatic N) is 3. The fourth-order valence-electron chi connectivity index (χ4n) is 4.48. The van der Waals surface area contributed by atoms with Crippen LogP contribution < -0.4 is 9.62 Å². The monoisotopic (exact) mass is 504 g/mol. The van der Waals surface area contributed by atoms with Crippen LogP contribution in [0, 0.1) is 0 Å². The Balaban J connectivity index is 1.20. The summed E-state index contributed by atoms with van der Waals surface area (Å²) in [4.78, 5) is 22.8. The average molecular weight is 505 g/mol. The second kappa shape index (κ2) is 9.61. The fraction of sp³-hybridized carbons (Fsp3) is 0.304. The molecule has 2 aliphatic heterocycles. The van der Waals surface area contributed by atoms with Gasteiger partial charge in [-0.05, 0) is 85.3 Å². The molecule has 0 spiro atoms. The Morgan fingerprint density at radius 3 is 2.56 bits per heavy atom. The summed E-state index contributed by atoms with van der Waals surface area (Å²) in [5, 5.41) is 4.14. The lowest BCUT2D eigenvalue weighted by Crippen LogP contribution is -2.40. The van der Waals surface area contributed by atoms with Crippen molar-refractivity contribution in [3.63, 3.8) is 0 Å². The summed E-state index contributed by atoms with van der Waals surface area (Å²) < 4.78 is 3.23. The van der Waals surface area contributed by atoms with E-state index in [4.69, 9.17) is 23.2 Å². The van der Waals surface area contributed by atoms with Gasteiger partial charge in [-0.15, -0.1) is 11.3 Å². The van der Waals surface area contributed by atoms with Gasteiger partial charge in [0.2, 0.25) is 5.91 Å². The minimum Gasteiger partial charge on any atom is -0.311 e. The number of hydrogen-bond acceptors (Lipinski definition) is 6. The first-order valence-corrected chi connectivity index (χ1v) is 13.0. The van der Waals surface area contributed by atoms with Gasteiger partial charge in [0, 0.05) is 45.3 Å². The van der Waals surface area contributed by atoms with E-state index in [1.807, 2.05) is 46.7 Å². The highest BCUT2D eigenvalue weighted by Crippen LogP contribution is 2.35. The van der Waals surface area contributed by atoms with Gasteiger partial charge in [-0.2, -0.15) is 0 Å². The standard InChI is InChI=1S/C23H22Cl2N4OS2/c24-17-11-16(12-18(25)13-17)15-5-8-28(14-15)21-6-9-29(22(21)30)19-1-3-20(4-2-19)32-27-23-26-7-10-31-23/h1-4,7,10-13,15,21H,5-6,8-9,14H2,(H,26,27)/t15?,21-/m0/s1. The maximum atomic E-state index is 13.2. The molecule has 2 fully saturated rings. The minimum absolute atomic E-state index is 0.0599. The van der Waals surface area contributed by atoms with Crippen molar-refractivity contribution in [1.29, 1.82) is 0 Å². The van der Waals surface area contributed by atoms with Crippen LogP contribution in [-0.4, -0.2) is 41.5 Å². The highest BCUT2D eigenvalue weighted by atomic mass is 35.5. The van der Waals surface area contributed by atoms with Crippen molar-refractivity contribution < 1.29 is 4.79 Å². The number of aromatic nitrogens is 1. The Morgan fingerprint density at radius 2 is 1.84 bits per heavy atom. The fourth-order valence-corrected chi connectivity index (χ4v) is 6.25. The summed E-state index contributed by atoms with van der Waals surface area (Å²) in [6, 6.07) is 13.8. The summed E-state index contributed by atoms with van der Waals surface area (Å²) in [7, 11) is 0. The predicted octanol–water partition coefficient (Wildman–Crippen LogP) is 6.16. The van der Waals surface area contributed by atoms with Crippen LogP contribution in [0.3, 0.4) is 0 Å². The molecule has 32 heavy (non-hydrogen) atoms. The third-order valence-corrected chi connectivity index (χ3v) is 8.09. The molecule has 1 aromatic heterocycles.